The van der Waals surface area contributed by atoms with Gasteiger partial charge in [0.2, 0.25) is 5.91 Å². The molecular formula is C25H27N5O. The zero-order valence-corrected chi connectivity index (χ0v) is 17.6. The highest BCUT2D eigenvalue weighted by Crippen LogP contribution is 2.15. The Morgan fingerprint density at radius 3 is 2.74 bits per heavy atom. The Kier molecular flexibility index (Phi) is 6.75. The van der Waals surface area contributed by atoms with Crippen molar-refractivity contribution in [3.8, 4) is 6.07 Å². The fourth-order valence-corrected chi connectivity index (χ4v) is 4.12. The van der Waals surface area contributed by atoms with E-state index in [-0.39, 0.29) is 11.9 Å². The molecule has 4 rings (SSSR count). The second kappa shape index (κ2) is 10.1. The number of hydrogen-bond acceptors (Lipinski definition) is 4. The van der Waals surface area contributed by atoms with Gasteiger partial charge in [0, 0.05) is 43.9 Å². The minimum Gasteiger partial charge on any atom is -0.346 e. The van der Waals surface area contributed by atoms with Crippen LogP contribution in [0.3, 0.4) is 0 Å². The summed E-state index contributed by atoms with van der Waals surface area (Å²) in [5, 5.41) is 12.7. The summed E-state index contributed by atoms with van der Waals surface area (Å²) in [4.78, 5) is 23.0. The molecule has 0 radical (unpaired) electrons. The number of carbonyl (C=O) groups excluding carboxylic acids is 1. The highest BCUT2D eigenvalue weighted by Gasteiger charge is 2.26. The first-order chi connectivity index (χ1) is 15.2. The van der Waals surface area contributed by atoms with E-state index in [1.54, 1.807) is 0 Å². The van der Waals surface area contributed by atoms with Crippen molar-refractivity contribution >= 4 is 5.91 Å². The molecule has 1 saturated heterocycles. The third-order valence-corrected chi connectivity index (χ3v) is 5.79. The number of rotatable bonds is 8. The SMILES string of the molecule is N#Cc1ccccc1Cc1ncc(CCN(C(=O)Cc2ccccc2)C2CCNC2)[nH]1. The van der Waals surface area contributed by atoms with Gasteiger partial charge < -0.3 is 15.2 Å². The van der Waals surface area contributed by atoms with Gasteiger partial charge in [-0.25, -0.2) is 4.98 Å². The van der Waals surface area contributed by atoms with Crippen molar-refractivity contribution in [1.29, 1.82) is 5.26 Å². The smallest absolute Gasteiger partial charge is 0.227 e. The molecule has 1 unspecified atom stereocenters. The van der Waals surface area contributed by atoms with Gasteiger partial charge >= 0.3 is 0 Å². The summed E-state index contributed by atoms with van der Waals surface area (Å²) >= 11 is 0. The Morgan fingerprint density at radius 1 is 1.16 bits per heavy atom. The van der Waals surface area contributed by atoms with Crippen molar-refractivity contribution in [2.24, 2.45) is 0 Å². The summed E-state index contributed by atoms with van der Waals surface area (Å²) in [5.74, 6) is 1.00. The lowest BCUT2D eigenvalue weighted by molar-refractivity contribution is -0.132. The summed E-state index contributed by atoms with van der Waals surface area (Å²) in [7, 11) is 0. The lowest BCUT2D eigenvalue weighted by Gasteiger charge is -2.28. The molecule has 0 aliphatic carbocycles. The van der Waals surface area contributed by atoms with Crippen molar-refractivity contribution in [3.63, 3.8) is 0 Å². The van der Waals surface area contributed by atoms with Gasteiger partial charge in [0.05, 0.1) is 18.1 Å². The maximum Gasteiger partial charge on any atom is 0.227 e. The number of aromatic nitrogens is 2. The summed E-state index contributed by atoms with van der Waals surface area (Å²) in [6, 6.07) is 20.0. The summed E-state index contributed by atoms with van der Waals surface area (Å²) in [6.45, 7) is 2.46. The highest BCUT2D eigenvalue weighted by atomic mass is 16.2. The zero-order valence-electron chi connectivity index (χ0n) is 17.6. The fourth-order valence-electron chi connectivity index (χ4n) is 4.12. The van der Waals surface area contributed by atoms with Crippen LogP contribution in [0.25, 0.3) is 0 Å². The number of H-pyrrole nitrogens is 1. The van der Waals surface area contributed by atoms with Gasteiger partial charge in [-0.05, 0) is 30.2 Å². The Balaban J connectivity index is 1.40. The first-order valence-electron chi connectivity index (χ1n) is 10.8. The first-order valence-corrected chi connectivity index (χ1v) is 10.8. The van der Waals surface area contributed by atoms with Gasteiger partial charge in [0.1, 0.15) is 5.82 Å². The average Bonchev–Trinajstić information content (AvgIpc) is 3.48. The molecule has 31 heavy (non-hydrogen) atoms. The van der Waals surface area contributed by atoms with Gasteiger partial charge in [-0.1, -0.05) is 48.5 Å². The molecule has 158 valence electrons. The van der Waals surface area contributed by atoms with E-state index in [2.05, 4.69) is 21.4 Å². The van der Waals surface area contributed by atoms with E-state index in [0.29, 0.717) is 24.9 Å². The molecule has 0 bridgehead atoms. The van der Waals surface area contributed by atoms with E-state index in [1.165, 1.54) is 0 Å². The molecule has 2 N–H and O–H groups in total. The number of amides is 1. The van der Waals surface area contributed by atoms with Crippen LogP contribution in [0.2, 0.25) is 0 Å². The van der Waals surface area contributed by atoms with Crippen LogP contribution in [-0.4, -0.2) is 46.5 Å². The van der Waals surface area contributed by atoms with Gasteiger partial charge in [-0.3, -0.25) is 4.79 Å². The van der Waals surface area contributed by atoms with Crippen LogP contribution in [0.15, 0.2) is 60.8 Å². The van der Waals surface area contributed by atoms with Gasteiger partial charge in [0.15, 0.2) is 0 Å². The third kappa shape index (κ3) is 5.39. The van der Waals surface area contributed by atoms with Gasteiger partial charge in [0.25, 0.3) is 0 Å². The highest BCUT2D eigenvalue weighted by molar-refractivity contribution is 5.79. The molecule has 0 saturated carbocycles. The zero-order chi connectivity index (χ0) is 21.5. The molecule has 1 aliphatic heterocycles. The number of benzene rings is 2. The second-order valence-electron chi connectivity index (χ2n) is 7.95. The Bertz CT molecular complexity index is 1050. The standard InChI is InChI=1S/C25H27N5O/c26-16-21-9-5-4-8-20(21)15-24-28-17-22(29-24)11-13-30(23-10-12-27-18-23)25(31)14-19-6-2-1-3-7-19/h1-9,17,23,27H,10-15,18H2,(H,28,29). The van der Waals surface area contributed by atoms with Crippen LogP contribution in [-0.2, 0) is 24.1 Å². The Morgan fingerprint density at radius 2 is 1.97 bits per heavy atom. The molecule has 1 aliphatic rings. The first kappa shape index (κ1) is 20.8. The Labute approximate surface area is 182 Å². The summed E-state index contributed by atoms with van der Waals surface area (Å²) < 4.78 is 0. The third-order valence-electron chi connectivity index (χ3n) is 5.79. The maximum absolute atomic E-state index is 13.1. The van der Waals surface area contributed by atoms with E-state index in [9.17, 15) is 10.1 Å². The average molecular weight is 414 g/mol. The number of nitriles is 1. The van der Waals surface area contributed by atoms with E-state index in [1.807, 2.05) is 65.7 Å². The molecule has 1 atom stereocenters. The van der Waals surface area contributed by atoms with E-state index < -0.39 is 0 Å². The minimum absolute atomic E-state index is 0.169. The molecule has 1 amide bonds. The number of carbonyl (C=O) groups is 1. The van der Waals surface area contributed by atoms with Crippen molar-refractivity contribution in [2.75, 3.05) is 19.6 Å². The number of nitrogens with zero attached hydrogens (tertiary/aromatic N) is 3. The molecule has 1 fully saturated rings. The minimum atomic E-state index is 0.169. The van der Waals surface area contributed by atoms with E-state index in [4.69, 9.17) is 0 Å². The van der Waals surface area contributed by atoms with Gasteiger partial charge in [-0.15, -0.1) is 0 Å². The lowest BCUT2D eigenvalue weighted by atomic mass is 10.1. The molecular weight excluding hydrogens is 386 g/mol. The van der Waals surface area contributed by atoms with Crippen molar-refractivity contribution < 1.29 is 4.79 Å². The normalized spacial score (nSPS) is 15.5. The number of aromatic amines is 1. The topological polar surface area (TPSA) is 84.8 Å². The van der Waals surface area contributed by atoms with Crippen molar-refractivity contribution in [3.05, 3.63) is 89.0 Å². The van der Waals surface area contributed by atoms with Crippen LogP contribution >= 0.6 is 0 Å². The summed E-state index contributed by atoms with van der Waals surface area (Å²) in [6.07, 6.45) is 4.57. The predicted molar refractivity (Wildman–Crippen MR) is 119 cm³/mol. The van der Waals surface area contributed by atoms with Crippen LogP contribution in [0, 0.1) is 11.3 Å². The molecule has 3 aromatic rings. The van der Waals surface area contributed by atoms with Crippen LogP contribution < -0.4 is 5.32 Å². The molecule has 2 heterocycles. The number of imidazole rings is 1. The summed E-state index contributed by atoms with van der Waals surface area (Å²) in [5.41, 5.74) is 3.69. The van der Waals surface area contributed by atoms with Crippen molar-refractivity contribution in [2.45, 2.75) is 31.7 Å². The molecule has 2 aromatic carbocycles. The van der Waals surface area contributed by atoms with Gasteiger partial charge in [-0.2, -0.15) is 5.26 Å². The fraction of sp³-hybridized carbons (Fsp3) is 0.320. The largest absolute Gasteiger partial charge is 0.346 e. The van der Waals surface area contributed by atoms with Crippen molar-refractivity contribution in [1.82, 2.24) is 20.2 Å². The molecule has 0 spiro atoms. The second-order valence-corrected chi connectivity index (χ2v) is 7.95. The Hall–Kier alpha value is -3.43. The maximum atomic E-state index is 13.1. The van der Waals surface area contributed by atoms with Crippen LogP contribution in [0.5, 0.6) is 0 Å². The van der Waals surface area contributed by atoms with E-state index in [0.717, 1.165) is 48.6 Å². The monoisotopic (exact) mass is 413 g/mol. The quantitative estimate of drug-likeness (QED) is 0.595. The molecule has 1 aromatic heterocycles. The number of hydrogen-bond donors (Lipinski definition) is 2. The molecule has 6 heteroatoms. The van der Waals surface area contributed by atoms with Crippen LogP contribution in [0.4, 0.5) is 0 Å². The molecule has 6 nitrogen and oxygen atoms in total. The van der Waals surface area contributed by atoms with Crippen LogP contribution in [0.1, 0.15) is 34.6 Å². The van der Waals surface area contributed by atoms with E-state index >= 15 is 0 Å². The predicted octanol–water partition coefficient (Wildman–Crippen LogP) is 2.85. The number of nitrogens with one attached hydrogen (secondary N) is 2. The lowest BCUT2D eigenvalue weighted by Crippen LogP contribution is -2.43.